The first-order chi connectivity index (χ1) is 7.72. The minimum Gasteiger partial charge on any atom is -0.394 e. The second kappa shape index (κ2) is 6.86. The Bertz CT molecular complexity index is 217. The summed E-state index contributed by atoms with van der Waals surface area (Å²) in [5, 5.41) is 12.0. The van der Waals surface area contributed by atoms with Gasteiger partial charge in [-0.3, -0.25) is 4.79 Å². The summed E-state index contributed by atoms with van der Waals surface area (Å²) in [6.45, 7) is 2.57. The Morgan fingerprint density at radius 1 is 1.50 bits per heavy atom. The lowest BCUT2D eigenvalue weighted by atomic mass is 9.78. The first kappa shape index (κ1) is 13.5. The molecular weight excluding hydrogens is 204 g/mol. The monoisotopic (exact) mass is 228 g/mol. The molecule has 4 nitrogen and oxygen atoms in total. The van der Waals surface area contributed by atoms with Crippen LogP contribution in [0.15, 0.2) is 0 Å². The normalized spacial score (nSPS) is 27.4. The number of hydrogen-bond acceptors (Lipinski definition) is 3. The SMILES string of the molecule is CCC(CO)NC(=O)C1CCCCC1CN. The number of aliphatic hydroxyl groups is 1. The predicted octanol–water partition coefficient (Wildman–Crippen LogP) is 0.639. The molecule has 0 saturated heterocycles. The van der Waals surface area contributed by atoms with Crippen LogP contribution in [0, 0.1) is 11.8 Å². The fraction of sp³-hybridized carbons (Fsp3) is 0.917. The summed E-state index contributed by atoms with van der Waals surface area (Å²) in [5.41, 5.74) is 5.70. The lowest BCUT2D eigenvalue weighted by Gasteiger charge is -2.30. The molecule has 3 unspecified atom stereocenters. The number of carbonyl (C=O) groups excluding carboxylic acids is 1. The van der Waals surface area contributed by atoms with Crippen molar-refractivity contribution < 1.29 is 9.90 Å². The van der Waals surface area contributed by atoms with Gasteiger partial charge >= 0.3 is 0 Å². The van der Waals surface area contributed by atoms with Gasteiger partial charge in [0, 0.05) is 5.92 Å². The van der Waals surface area contributed by atoms with Crippen molar-refractivity contribution in [2.75, 3.05) is 13.2 Å². The molecule has 16 heavy (non-hydrogen) atoms. The van der Waals surface area contributed by atoms with E-state index in [9.17, 15) is 4.79 Å². The second-order valence-corrected chi connectivity index (χ2v) is 4.68. The molecule has 0 aromatic rings. The zero-order valence-electron chi connectivity index (χ0n) is 10.1. The third-order valence-electron chi connectivity index (χ3n) is 3.61. The van der Waals surface area contributed by atoms with Crippen LogP contribution in [0.25, 0.3) is 0 Å². The van der Waals surface area contributed by atoms with E-state index in [0.717, 1.165) is 25.7 Å². The van der Waals surface area contributed by atoms with Crippen LogP contribution < -0.4 is 11.1 Å². The summed E-state index contributed by atoms with van der Waals surface area (Å²) < 4.78 is 0. The van der Waals surface area contributed by atoms with Crippen molar-refractivity contribution in [3.63, 3.8) is 0 Å². The van der Waals surface area contributed by atoms with Crippen molar-refractivity contribution in [1.82, 2.24) is 5.32 Å². The number of carbonyl (C=O) groups is 1. The van der Waals surface area contributed by atoms with Crippen LogP contribution in [0.5, 0.6) is 0 Å². The van der Waals surface area contributed by atoms with Gasteiger partial charge < -0.3 is 16.2 Å². The summed E-state index contributed by atoms with van der Waals surface area (Å²) >= 11 is 0. The molecule has 1 amide bonds. The highest BCUT2D eigenvalue weighted by atomic mass is 16.3. The minimum atomic E-state index is -0.104. The topological polar surface area (TPSA) is 75.3 Å². The lowest BCUT2D eigenvalue weighted by molar-refractivity contribution is -0.128. The van der Waals surface area contributed by atoms with Crippen LogP contribution >= 0.6 is 0 Å². The number of nitrogens with two attached hydrogens (primary N) is 1. The van der Waals surface area contributed by atoms with E-state index in [4.69, 9.17) is 10.8 Å². The molecule has 1 aliphatic rings. The third kappa shape index (κ3) is 3.46. The Labute approximate surface area is 97.6 Å². The van der Waals surface area contributed by atoms with E-state index in [1.54, 1.807) is 0 Å². The van der Waals surface area contributed by atoms with Crippen molar-refractivity contribution in [3.8, 4) is 0 Å². The molecule has 0 bridgehead atoms. The largest absolute Gasteiger partial charge is 0.394 e. The highest BCUT2D eigenvalue weighted by Gasteiger charge is 2.30. The summed E-state index contributed by atoms with van der Waals surface area (Å²) in [5.74, 6) is 0.459. The Morgan fingerprint density at radius 2 is 2.19 bits per heavy atom. The molecule has 0 heterocycles. The zero-order chi connectivity index (χ0) is 12.0. The standard InChI is InChI=1S/C12H24N2O2/c1-2-10(8-15)14-12(16)11-6-4-3-5-9(11)7-13/h9-11,15H,2-8,13H2,1H3,(H,14,16). The number of rotatable bonds is 5. The van der Waals surface area contributed by atoms with E-state index in [-0.39, 0.29) is 24.5 Å². The Hall–Kier alpha value is -0.610. The highest BCUT2D eigenvalue weighted by molar-refractivity contribution is 5.79. The average Bonchev–Trinajstić information content (AvgIpc) is 2.35. The molecule has 0 aromatic heterocycles. The number of nitrogens with one attached hydrogen (secondary N) is 1. The van der Waals surface area contributed by atoms with Crippen molar-refractivity contribution in [2.24, 2.45) is 17.6 Å². The van der Waals surface area contributed by atoms with Gasteiger partial charge in [-0.25, -0.2) is 0 Å². The summed E-state index contributed by atoms with van der Waals surface area (Å²) in [7, 11) is 0. The van der Waals surface area contributed by atoms with Crippen molar-refractivity contribution in [3.05, 3.63) is 0 Å². The van der Waals surface area contributed by atoms with Gasteiger partial charge in [0.05, 0.1) is 12.6 Å². The maximum atomic E-state index is 12.0. The molecule has 0 spiro atoms. The van der Waals surface area contributed by atoms with E-state index in [1.807, 2.05) is 6.92 Å². The average molecular weight is 228 g/mol. The smallest absolute Gasteiger partial charge is 0.223 e. The number of aliphatic hydroxyl groups excluding tert-OH is 1. The van der Waals surface area contributed by atoms with E-state index < -0.39 is 0 Å². The van der Waals surface area contributed by atoms with E-state index in [1.165, 1.54) is 6.42 Å². The van der Waals surface area contributed by atoms with Crippen molar-refractivity contribution >= 4 is 5.91 Å². The molecule has 1 fully saturated rings. The molecule has 94 valence electrons. The number of amides is 1. The van der Waals surface area contributed by atoms with Gasteiger partial charge in [0.2, 0.25) is 5.91 Å². The molecule has 1 rings (SSSR count). The van der Waals surface area contributed by atoms with Crippen LogP contribution in [0.4, 0.5) is 0 Å². The van der Waals surface area contributed by atoms with Gasteiger partial charge in [-0.15, -0.1) is 0 Å². The fourth-order valence-corrected chi connectivity index (χ4v) is 2.42. The minimum absolute atomic E-state index is 0.0161. The van der Waals surface area contributed by atoms with Crippen molar-refractivity contribution in [2.45, 2.75) is 45.1 Å². The molecular formula is C12H24N2O2. The van der Waals surface area contributed by atoms with Gasteiger partial charge in [-0.05, 0) is 31.7 Å². The molecule has 3 atom stereocenters. The second-order valence-electron chi connectivity index (χ2n) is 4.68. The van der Waals surface area contributed by atoms with Gasteiger partial charge in [-0.1, -0.05) is 19.8 Å². The number of hydrogen-bond donors (Lipinski definition) is 3. The first-order valence-electron chi connectivity index (χ1n) is 6.34. The lowest BCUT2D eigenvalue weighted by Crippen LogP contribution is -2.44. The van der Waals surface area contributed by atoms with E-state index >= 15 is 0 Å². The first-order valence-corrected chi connectivity index (χ1v) is 6.34. The van der Waals surface area contributed by atoms with E-state index in [2.05, 4.69) is 5.32 Å². The Kier molecular flexibility index (Phi) is 5.77. The van der Waals surface area contributed by atoms with Crippen LogP contribution in [-0.4, -0.2) is 30.2 Å². The molecule has 1 saturated carbocycles. The molecule has 1 aliphatic carbocycles. The maximum Gasteiger partial charge on any atom is 0.223 e. The quantitative estimate of drug-likeness (QED) is 0.646. The van der Waals surface area contributed by atoms with Crippen LogP contribution in [0.2, 0.25) is 0 Å². The van der Waals surface area contributed by atoms with Gasteiger partial charge in [0.1, 0.15) is 0 Å². The van der Waals surface area contributed by atoms with Crippen LogP contribution in [0.1, 0.15) is 39.0 Å². The van der Waals surface area contributed by atoms with Gasteiger partial charge in [0.25, 0.3) is 0 Å². The maximum absolute atomic E-state index is 12.0. The molecule has 0 aliphatic heterocycles. The summed E-state index contributed by atoms with van der Waals surface area (Å²) in [4.78, 5) is 12.0. The molecule has 0 radical (unpaired) electrons. The Morgan fingerprint density at radius 3 is 2.75 bits per heavy atom. The highest BCUT2D eigenvalue weighted by Crippen LogP contribution is 2.29. The predicted molar refractivity (Wildman–Crippen MR) is 63.8 cm³/mol. The Balaban J connectivity index is 2.50. The van der Waals surface area contributed by atoms with Crippen LogP contribution in [0.3, 0.4) is 0 Å². The van der Waals surface area contributed by atoms with Gasteiger partial charge in [-0.2, -0.15) is 0 Å². The summed E-state index contributed by atoms with van der Waals surface area (Å²) in [6.07, 6.45) is 5.07. The zero-order valence-corrected chi connectivity index (χ0v) is 10.1. The molecule has 4 heteroatoms. The molecule has 4 N–H and O–H groups in total. The fourth-order valence-electron chi connectivity index (χ4n) is 2.42. The van der Waals surface area contributed by atoms with E-state index in [0.29, 0.717) is 12.5 Å². The third-order valence-corrected chi connectivity index (χ3v) is 3.61. The molecule has 0 aromatic carbocycles. The van der Waals surface area contributed by atoms with Crippen LogP contribution in [-0.2, 0) is 4.79 Å². The van der Waals surface area contributed by atoms with Gasteiger partial charge in [0.15, 0.2) is 0 Å². The summed E-state index contributed by atoms with van der Waals surface area (Å²) in [6, 6.07) is -0.104. The van der Waals surface area contributed by atoms with Crippen molar-refractivity contribution in [1.29, 1.82) is 0 Å².